The molecular weight excluding hydrogens is 751 g/mol. The van der Waals surface area contributed by atoms with Crippen molar-refractivity contribution < 1.29 is 8.78 Å². The summed E-state index contributed by atoms with van der Waals surface area (Å²) in [6.45, 7) is 2.01. The van der Waals surface area contributed by atoms with Crippen LogP contribution in [0.5, 0.6) is 0 Å². The maximum atomic E-state index is 16.0. The van der Waals surface area contributed by atoms with Crippen LogP contribution in [-0.2, 0) is 0 Å². The van der Waals surface area contributed by atoms with Crippen molar-refractivity contribution in [3.63, 3.8) is 0 Å². The number of halogens is 2. The van der Waals surface area contributed by atoms with E-state index in [2.05, 4.69) is 149 Å². The smallest absolute Gasteiger partial charge is 0.252 e. The Balaban J connectivity index is 1.20. The Labute approximate surface area is 355 Å². The van der Waals surface area contributed by atoms with Crippen molar-refractivity contribution in [1.29, 1.82) is 0 Å². The number of fused-ring (bicyclic) bond motifs is 4. The van der Waals surface area contributed by atoms with Gasteiger partial charge in [0.2, 0.25) is 0 Å². The summed E-state index contributed by atoms with van der Waals surface area (Å²) >= 11 is 0. The number of anilines is 8. The number of benzene rings is 8. The maximum absolute atomic E-state index is 16.0. The Morgan fingerprint density at radius 2 is 1.10 bits per heavy atom. The summed E-state index contributed by atoms with van der Waals surface area (Å²) in [4.78, 5) is 7.03. The lowest BCUT2D eigenvalue weighted by Gasteiger charge is -2.46. The lowest BCUT2D eigenvalue weighted by Crippen LogP contribution is -2.62. The predicted octanol–water partition coefficient (Wildman–Crippen LogP) is 12.8. The molecule has 1 aliphatic carbocycles. The molecule has 0 radical (unpaired) electrons. The minimum atomic E-state index is -0.277. The zero-order valence-corrected chi connectivity index (χ0v) is 33.6. The number of aryl methyl sites for hydroxylation is 1. The molecule has 61 heavy (non-hydrogen) atoms. The summed E-state index contributed by atoms with van der Waals surface area (Å²) in [5.74, 6) is -0.685. The van der Waals surface area contributed by atoms with E-state index in [9.17, 15) is 0 Å². The summed E-state index contributed by atoms with van der Waals surface area (Å²) < 4.78 is 31.7. The summed E-state index contributed by atoms with van der Waals surface area (Å²) in [6, 6.07) is 63.3. The molecular formula is C55H40BF2N3. The van der Waals surface area contributed by atoms with E-state index < -0.39 is 0 Å². The van der Waals surface area contributed by atoms with Crippen molar-refractivity contribution in [3.05, 3.63) is 235 Å². The average molecular weight is 792 g/mol. The van der Waals surface area contributed by atoms with Crippen LogP contribution in [0.1, 0.15) is 23.5 Å². The fraction of sp³-hybridized carbons (Fsp3) is 0.0545. The van der Waals surface area contributed by atoms with Gasteiger partial charge >= 0.3 is 0 Å². The molecule has 3 aliphatic rings. The van der Waals surface area contributed by atoms with E-state index in [0.29, 0.717) is 17.5 Å². The van der Waals surface area contributed by atoms with E-state index in [1.165, 1.54) is 11.5 Å². The minimum absolute atomic E-state index is 0.132. The van der Waals surface area contributed by atoms with Crippen LogP contribution in [0.3, 0.4) is 0 Å². The van der Waals surface area contributed by atoms with Gasteiger partial charge in [0, 0.05) is 62.6 Å². The molecule has 1 atom stereocenters. The molecule has 0 saturated carbocycles. The first-order valence-electron chi connectivity index (χ1n) is 20.9. The molecule has 11 rings (SSSR count). The summed E-state index contributed by atoms with van der Waals surface area (Å²) in [7, 11) is 0. The van der Waals surface area contributed by atoms with Crippen LogP contribution in [0.15, 0.2) is 212 Å². The highest BCUT2D eigenvalue weighted by Crippen LogP contribution is 2.49. The van der Waals surface area contributed by atoms with Crippen LogP contribution in [0.25, 0.3) is 11.1 Å². The van der Waals surface area contributed by atoms with Crippen molar-refractivity contribution in [1.82, 2.24) is 0 Å². The molecule has 0 bridgehead atoms. The Hall–Kier alpha value is -7.44. The second-order valence-electron chi connectivity index (χ2n) is 16.0. The fourth-order valence-corrected chi connectivity index (χ4v) is 9.82. The molecule has 0 spiro atoms. The Kier molecular flexibility index (Phi) is 9.00. The fourth-order valence-electron chi connectivity index (χ4n) is 9.82. The molecule has 0 N–H and O–H groups in total. The van der Waals surface area contributed by atoms with Crippen molar-refractivity contribution in [2.45, 2.75) is 19.3 Å². The van der Waals surface area contributed by atoms with Gasteiger partial charge in [0.15, 0.2) is 0 Å². The minimum Gasteiger partial charge on any atom is -0.315 e. The van der Waals surface area contributed by atoms with Gasteiger partial charge in [-0.05, 0) is 120 Å². The Bertz CT molecular complexity index is 3000. The normalized spacial score (nSPS) is 14.8. The molecule has 6 heteroatoms. The number of hydrogen-bond acceptors (Lipinski definition) is 3. The molecule has 0 saturated heterocycles. The monoisotopic (exact) mass is 791 g/mol. The molecule has 0 fully saturated rings. The Morgan fingerprint density at radius 3 is 1.82 bits per heavy atom. The predicted molar refractivity (Wildman–Crippen MR) is 250 cm³/mol. The van der Waals surface area contributed by atoms with Gasteiger partial charge in [-0.1, -0.05) is 127 Å². The number of rotatable bonds is 7. The van der Waals surface area contributed by atoms with Crippen molar-refractivity contribution in [2.75, 3.05) is 14.7 Å². The van der Waals surface area contributed by atoms with Gasteiger partial charge in [-0.2, -0.15) is 0 Å². The van der Waals surface area contributed by atoms with Gasteiger partial charge in [0.05, 0.1) is 5.69 Å². The first-order valence-corrected chi connectivity index (χ1v) is 20.9. The maximum Gasteiger partial charge on any atom is 0.252 e. The first kappa shape index (κ1) is 36.6. The molecule has 0 aromatic heterocycles. The van der Waals surface area contributed by atoms with Gasteiger partial charge in [-0.15, -0.1) is 0 Å². The molecule has 2 aliphatic heterocycles. The molecule has 8 aromatic carbocycles. The number of hydrogen-bond donors (Lipinski definition) is 0. The van der Waals surface area contributed by atoms with Crippen LogP contribution < -0.4 is 31.1 Å². The molecule has 2 heterocycles. The van der Waals surface area contributed by atoms with Crippen LogP contribution >= 0.6 is 0 Å². The van der Waals surface area contributed by atoms with Crippen molar-refractivity contribution >= 4 is 68.6 Å². The highest BCUT2D eigenvalue weighted by atomic mass is 19.1. The second-order valence-corrected chi connectivity index (χ2v) is 16.0. The van der Waals surface area contributed by atoms with Crippen LogP contribution in [0.2, 0.25) is 0 Å². The molecule has 1 unspecified atom stereocenters. The lowest BCUT2D eigenvalue weighted by atomic mass is 9.33. The van der Waals surface area contributed by atoms with E-state index >= 15 is 8.78 Å². The zero-order chi connectivity index (χ0) is 41.0. The summed E-state index contributed by atoms with van der Waals surface area (Å²) in [5, 5.41) is 0. The van der Waals surface area contributed by atoms with E-state index in [1.807, 2.05) is 54.6 Å². The van der Waals surface area contributed by atoms with Gasteiger partial charge in [0.1, 0.15) is 11.6 Å². The van der Waals surface area contributed by atoms with Gasteiger partial charge < -0.3 is 14.7 Å². The SMILES string of the molecule is Cc1cc2c3c(c1)N(c1ccccc1-c1ccccc1F)c1cc(N(c4ccccc4)c4ccccc4)ccc1B3c1ccccc1N2C1=CC=CCC1c1ccccc1F. The molecule has 8 aromatic rings. The summed E-state index contributed by atoms with van der Waals surface area (Å²) in [6.07, 6.45) is 7.06. The summed E-state index contributed by atoms with van der Waals surface area (Å²) in [5.41, 5.74) is 15.7. The van der Waals surface area contributed by atoms with Gasteiger partial charge in [-0.25, -0.2) is 8.78 Å². The molecule has 3 nitrogen and oxygen atoms in total. The van der Waals surface area contributed by atoms with Crippen LogP contribution in [-0.4, -0.2) is 6.71 Å². The standard InChI is InChI=1S/C55H40BF2N3/c1-37-34-53-55-54(35-37)61(50-30-16-11-25-44(50)42-23-9-14-28-48(42)58)52-36-40(59(38-18-4-2-5-19-38)39-20-6-3-7-21-39)32-33-46(52)56(55)45-26-12-17-31-51(45)60(53)49-29-15-10-24-43(49)41-22-8-13-27-47(41)57/h2-23,25-36,43H,24H2,1H3. The van der Waals surface area contributed by atoms with Crippen molar-refractivity contribution in [2.24, 2.45) is 0 Å². The second kappa shape index (κ2) is 15.0. The van der Waals surface area contributed by atoms with Crippen LogP contribution in [0, 0.1) is 18.6 Å². The number of allylic oxidation sites excluding steroid dienone is 4. The van der Waals surface area contributed by atoms with Crippen molar-refractivity contribution in [3.8, 4) is 11.1 Å². The topological polar surface area (TPSA) is 9.72 Å². The Morgan fingerprint density at radius 1 is 0.508 bits per heavy atom. The van der Waals surface area contributed by atoms with Crippen LogP contribution in [0.4, 0.5) is 54.3 Å². The molecule has 292 valence electrons. The third-order valence-electron chi connectivity index (χ3n) is 12.4. The van der Waals surface area contributed by atoms with E-state index in [0.717, 1.165) is 73.2 Å². The van der Waals surface area contributed by atoms with E-state index in [-0.39, 0.29) is 24.3 Å². The van der Waals surface area contributed by atoms with E-state index in [1.54, 1.807) is 18.2 Å². The third kappa shape index (κ3) is 6.09. The largest absolute Gasteiger partial charge is 0.315 e. The number of para-hydroxylation sites is 4. The highest BCUT2D eigenvalue weighted by Gasteiger charge is 2.45. The quantitative estimate of drug-likeness (QED) is 0.149. The average Bonchev–Trinajstić information content (AvgIpc) is 3.30. The van der Waals surface area contributed by atoms with Gasteiger partial charge in [0.25, 0.3) is 6.71 Å². The number of nitrogens with zero attached hydrogens (tertiary/aromatic N) is 3. The first-order chi connectivity index (χ1) is 30.0. The molecule has 0 amide bonds. The third-order valence-corrected chi connectivity index (χ3v) is 12.4. The lowest BCUT2D eigenvalue weighted by molar-refractivity contribution is 0.592. The van der Waals surface area contributed by atoms with E-state index in [4.69, 9.17) is 0 Å². The van der Waals surface area contributed by atoms with Gasteiger partial charge in [-0.3, -0.25) is 0 Å². The zero-order valence-electron chi connectivity index (χ0n) is 33.6. The highest BCUT2D eigenvalue weighted by molar-refractivity contribution is 7.00.